The Morgan fingerprint density at radius 3 is 2.65 bits per heavy atom. The molecular weight excluding hydrogens is 300 g/mol. The average molecular weight is 313 g/mol. The molecule has 0 aliphatic rings. The SMILES string of the molecule is O=C(NCc1ccc(F)cc1F)c1cn[nH]c1-c1ccccc1. The number of nitrogens with one attached hydrogen (secondary N) is 2. The van der Waals surface area contributed by atoms with E-state index >= 15 is 0 Å². The van der Waals surface area contributed by atoms with Gasteiger partial charge >= 0.3 is 0 Å². The summed E-state index contributed by atoms with van der Waals surface area (Å²) in [6.45, 7) is -0.0373. The Balaban J connectivity index is 1.76. The van der Waals surface area contributed by atoms with Gasteiger partial charge in [-0.25, -0.2) is 8.78 Å². The third-order valence-electron chi connectivity index (χ3n) is 3.40. The van der Waals surface area contributed by atoms with E-state index in [-0.39, 0.29) is 18.0 Å². The molecule has 0 fully saturated rings. The van der Waals surface area contributed by atoms with Crippen LogP contribution in [-0.4, -0.2) is 16.1 Å². The number of rotatable bonds is 4. The Bertz CT molecular complexity index is 831. The molecule has 0 unspecified atom stereocenters. The molecule has 2 N–H and O–H groups in total. The Morgan fingerprint density at radius 2 is 1.91 bits per heavy atom. The molecule has 0 aliphatic carbocycles. The van der Waals surface area contributed by atoms with E-state index < -0.39 is 11.6 Å². The summed E-state index contributed by atoms with van der Waals surface area (Å²) in [4.78, 5) is 12.3. The zero-order valence-corrected chi connectivity index (χ0v) is 12.0. The number of carbonyl (C=O) groups excluding carboxylic acids is 1. The van der Waals surface area contributed by atoms with Gasteiger partial charge in [-0.2, -0.15) is 5.10 Å². The van der Waals surface area contributed by atoms with Crippen LogP contribution in [0.5, 0.6) is 0 Å². The van der Waals surface area contributed by atoms with Crippen molar-refractivity contribution < 1.29 is 13.6 Å². The van der Waals surface area contributed by atoms with E-state index in [1.165, 1.54) is 12.3 Å². The number of aromatic nitrogens is 2. The summed E-state index contributed by atoms with van der Waals surface area (Å²) in [7, 11) is 0. The van der Waals surface area contributed by atoms with Crippen LogP contribution in [0.25, 0.3) is 11.3 Å². The fourth-order valence-corrected chi connectivity index (χ4v) is 2.22. The van der Waals surface area contributed by atoms with Gasteiger partial charge in [0, 0.05) is 23.7 Å². The molecule has 0 saturated heterocycles. The molecule has 0 atom stereocenters. The highest BCUT2D eigenvalue weighted by molar-refractivity contribution is 5.99. The number of amides is 1. The van der Waals surface area contributed by atoms with Crippen LogP contribution in [0.15, 0.2) is 54.7 Å². The van der Waals surface area contributed by atoms with Crippen LogP contribution in [0.2, 0.25) is 0 Å². The van der Waals surface area contributed by atoms with Crippen molar-refractivity contribution in [3.63, 3.8) is 0 Å². The zero-order chi connectivity index (χ0) is 16.2. The Hall–Kier alpha value is -3.02. The average Bonchev–Trinajstić information content (AvgIpc) is 3.04. The van der Waals surface area contributed by atoms with E-state index in [0.717, 1.165) is 17.7 Å². The first-order chi connectivity index (χ1) is 11.1. The molecule has 116 valence electrons. The van der Waals surface area contributed by atoms with Crippen molar-refractivity contribution in [2.75, 3.05) is 0 Å². The Labute approximate surface area is 131 Å². The first kappa shape index (κ1) is 14.9. The number of benzene rings is 2. The van der Waals surface area contributed by atoms with Gasteiger partial charge in [-0.05, 0) is 6.07 Å². The molecule has 3 aromatic rings. The topological polar surface area (TPSA) is 57.8 Å². The minimum atomic E-state index is -0.694. The molecule has 6 heteroatoms. The number of carbonyl (C=O) groups is 1. The van der Waals surface area contributed by atoms with Crippen LogP contribution in [0, 0.1) is 11.6 Å². The summed E-state index contributed by atoms with van der Waals surface area (Å²) in [5.41, 5.74) is 1.98. The van der Waals surface area contributed by atoms with Crippen LogP contribution in [0.1, 0.15) is 15.9 Å². The van der Waals surface area contributed by atoms with E-state index in [9.17, 15) is 13.6 Å². The predicted molar refractivity (Wildman–Crippen MR) is 81.6 cm³/mol. The van der Waals surface area contributed by atoms with Gasteiger partial charge in [-0.15, -0.1) is 0 Å². The van der Waals surface area contributed by atoms with Gasteiger partial charge in [0.2, 0.25) is 0 Å². The standard InChI is InChI=1S/C17H13F2N3O/c18-13-7-6-12(15(19)8-13)9-20-17(23)14-10-21-22-16(14)11-4-2-1-3-5-11/h1-8,10H,9H2,(H,20,23)(H,21,22). The van der Waals surface area contributed by atoms with E-state index in [1.54, 1.807) is 0 Å². The van der Waals surface area contributed by atoms with Crippen LogP contribution >= 0.6 is 0 Å². The Kier molecular flexibility index (Phi) is 4.14. The molecule has 1 amide bonds. The quantitative estimate of drug-likeness (QED) is 0.776. The number of hydrogen-bond acceptors (Lipinski definition) is 2. The minimum absolute atomic E-state index is 0.0373. The lowest BCUT2D eigenvalue weighted by atomic mass is 10.1. The van der Waals surface area contributed by atoms with Gasteiger partial charge < -0.3 is 5.32 Å². The molecule has 0 aliphatic heterocycles. The lowest BCUT2D eigenvalue weighted by Crippen LogP contribution is -2.23. The fourth-order valence-electron chi connectivity index (χ4n) is 2.22. The van der Waals surface area contributed by atoms with Gasteiger partial charge in [0.05, 0.1) is 17.5 Å². The fraction of sp³-hybridized carbons (Fsp3) is 0.0588. The summed E-state index contributed by atoms with van der Waals surface area (Å²) in [6.07, 6.45) is 1.42. The summed E-state index contributed by atoms with van der Waals surface area (Å²) in [5.74, 6) is -1.74. The van der Waals surface area contributed by atoms with E-state index in [4.69, 9.17) is 0 Å². The van der Waals surface area contributed by atoms with Crippen molar-refractivity contribution in [2.24, 2.45) is 0 Å². The molecule has 0 radical (unpaired) electrons. The highest BCUT2D eigenvalue weighted by Crippen LogP contribution is 2.20. The largest absolute Gasteiger partial charge is 0.348 e. The van der Waals surface area contributed by atoms with Gasteiger partial charge in [-0.1, -0.05) is 36.4 Å². The molecule has 0 bridgehead atoms. The molecule has 0 saturated carbocycles. The van der Waals surface area contributed by atoms with E-state index in [1.807, 2.05) is 30.3 Å². The number of aromatic amines is 1. The molecule has 1 heterocycles. The highest BCUT2D eigenvalue weighted by atomic mass is 19.1. The second kappa shape index (κ2) is 6.39. The van der Waals surface area contributed by atoms with Crippen molar-refractivity contribution in [3.8, 4) is 11.3 Å². The number of H-pyrrole nitrogens is 1. The van der Waals surface area contributed by atoms with Crippen molar-refractivity contribution in [2.45, 2.75) is 6.54 Å². The van der Waals surface area contributed by atoms with Crippen LogP contribution in [-0.2, 0) is 6.54 Å². The van der Waals surface area contributed by atoms with Crippen molar-refractivity contribution in [3.05, 3.63) is 77.5 Å². The molecule has 1 aromatic heterocycles. The molecule has 23 heavy (non-hydrogen) atoms. The first-order valence-corrected chi connectivity index (χ1v) is 6.96. The maximum Gasteiger partial charge on any atom is 0.255 e. The third kappa shape index (κ3) is 3.26. The second-order valence-electron chi connectivity index (χ2n) is 4.94. The monoisotopic (exact) mass is 313 g/mol. The molecule has 3 rings (SSSR count). The van der Waals surface area contributed by atoms with Gasteiger partial charge in [0.15, 0.2) is 0 Å². The maximum atomic E-state index is 13.6. The first-order valence-electron chi connectivity index (χ1n) is 6.96. The van der Waals surface area contributed by atoms with Crippen LogP contribution < -0.4 is 5.32 Å². The minimum Gasteiger partial charge on any atom is -0.348 e. The predicted octanol–water partition coefficient (Wildman–Crippen LogP) is 3.28. The van der Waals surface area contributed by atoms with Crippen molar-refractivity contribution >= 4 is 5.91 Å². The lowest BCUT2D eigenvalue weighted by Gasteiger charge is -2.07. The van der Waals surface area contributed by atoms with Gasteiger partial charge in [0.25, 0.3) is 5.91 Å². The summed E-state index contributed by atoms with van der Waals surface area (Å²) >= 11 is 0. The zero-order valence-electron chi connectivity index (χ0n) is 12.0. The lowest BCUT2D eigenvalue weighted by molar-refractivity contribution is 0.0951. The van der Waals surface area contributed by atoms with Crippen molar-refractivity contribution in [1.82, 2.24) is 15.5 Å². The second-order valence-corrected chi connectivity index (χ2v) is 4.94. The molecule has 2 aromatic carbocycles. The van der Waals surface area contributed by atoms with E-state index in [0.29, 0.717) is 11.3 Å². The number of hydrogen-bond donors (Lipinski definition) is 2. The Morgan fingerprint density at radius 1 is 1.13 bits per heavy atom. The molecule has 4 nitrogen and oxygen atoms in total. The maximum absolute atomic E-state index is 13.6. The normalized spacial score (nSPS) is 10.5. The highest BCUT2D eigenvalue weighted by Gasteiger charge is 2.15. The third-order valence-corrected chi connectivity index (χ3v) is 3.40. The molecular formula is C17H13F2N3O. The van der Waals surface area contributed by atoms with Gasteiger partial charge in [0.1, 0.15) is 11.6 Å². The number of halogens is 2. The van der Waals surface area contributed by atoms with E-state index in [2.05, 4.69) is 15.5 Å². The van der Waals surface area contributed by atoms with Gasteiger partial charge in [-0.3, -0.25) is 9.89 Å². The smallest absolute Gasteiger partial charge is 0.255 e. The summed E-state index contributed by atoms with van der Waals surface area (Å²) in [6, 6.07) is 12.5. The van der Waals surface area contributed by atoms with Crippen LogP contribution in [0.3, 0.4) is 0 Å². The molecule has 0 spiro atoms. The van der Waals surface area contributed by atoms with Crippen LogP contribution in [0.4, 0.5) is 8.78 Å². The van der Waals surface area contributed by atoms with Crippen molar-refractivity contribution in [1.29, 1.82) is 0 Å². The summed E-state index contributed by atoms with van der Waals surface area (Å²) < 4.78 is 26.4. The summed E-state index contributed by atoms with van der Waals surface area (Å²) in [5, 5.41) is 9.29. The number of nitrogens with zero attached hydrogens (tertiary/aromatic N) is 1.